The van der Waals surface area contributed by atoms with Gasteiger partial charge in [0, 0.05) is 12.3 Å². The lowest BCUT2D eigenvalue weighted by Gasteiger charge is -2.04. The molecule has 16 heavy (non-hydrogen) atoms. The molecule has 2 aromatic rings. The minimum atomic E-state index is -0.644. The number of Topliss-reactive ketones (excluding diaryl/α,β-unsaturated/α-hetero) is 1. The van der Waals surface area contributed by atoms with Crippen LogP contribution in [0.4, 0.5) is 0 Å². The highest BCUT2D eigenvalue weighted by Crippen LogP contribution is 2.40. The summed E-state index contributed by atoms with van der Waals surface area (Å²) in [5.74, 6) is -1.85. The molecule has 0 saturated heterocycles. The van der Waals surface area contributed by atoms with Crippen molar-refractivity contribution in [3.8, 4) is 17.2 Å². The molecule has 0 radical (unpaired) electrons. The van der Waals surface area contributed by atoms with Crippen molar-refractivity contribution in [1.82, 2.24) is 0 Å². The molecule has 5 nitrogen and oxygen atoms in total. The lowest BCUT2D eigenvalue weighted by molar-refractivity contribution is 0.0989. The van der Waals surface area contributed by atoms with E-state index in [2.05, 4.69) is 0 Å². The van der Waals surface area contributed by atoms with E-state index < -0.39 is 17.2 Å². The lowest BCUT2D eigenvalue weighted by atomic mass is 9.90. The highest BCUT2D eigenvalue weighted by molar-refractivity contribution is 6.41. The van der Waals surface area contributed by atoms with Crippen LogP contribution >= 0.6 is 0 Å². The van der Waals surface area contributed by atoms with Crippen LogP contribution in [0.1, 0.15) is 17.5 Å². The van der Waals surface area contributed by atoms with Gasteiger partial charge in [0.1, 0.15) is 7.85 Å². The van der Waals surface area contributed by atoms with Crippen molar-refractivity contribution < 1.29 is 24.5 Å². The fourth-order valence-electron chi connectivity index (χ4n) is 1.54. The van der Waals surface area contributed by atoms with Crippen molar-refractivity contribution in [3.63, 3.8) is 0 Å². The Morgan fingerprint density at radius 1 is 1.25 bits per heavy atom. The fourth-order valence-corrected chi connectivity index (χ4v) is 1.54. The number of phenolic OH excluding ortho intramolecular Hbond substituents is 3. The number of phenols is 3. The smallest absolute Gasteiger partial charge is 0.205 e. The summed E-state index contributed by atoms with van der Waals surface area (Å²) in [4.78, 5) is 11.1. The van der Waals surface area contributed by atoms with Crippen molar-refractivity contribution >= 4 is 30.1 Å². The first kappa shape index (κ1) is 10.4. The van der Waals surface area contributed by atoms with Gasteiger partial charge in [-0.1, -0.05) is 0 Å². The zero-order valence-electron chi connectivity index (χ0n) is 8.74. The average molecular weight is 220 g/mol. The molecule has 0 spiro atoms. The van der Waals surface area contributed by atoms with E-state index in [1.54, 1.807) is 7.85 Å². The predicted molar refractivity (Wildman–Crippen MR) is 59.4 cm³/mol. The van der Waals surface area contributed by atoms with Crippen molar-refractivity contribution in [1.29, 1.82) is 0 Å². The van der Waals surface area contributed by atoms with Crippen LogP contribution in [0.15, 0.2) is 10.5 Å². The molecule has 0 bridgehead atoms. The second-order valence-corrected chi connectivity index (χ2v) is 3.58. The Bertz CT molecular complexity index is 554. The Morgan fingerprint density at radius 2 is 1.88 bits per heavy atom. The average Bonchev–Trinajstić information content (AvgIpc) is 2.68. The first-order chi connectivity index (χ1) is 7.43. The number of aromatic hydroxyl groups is 3. The quantitative estimate of drug-likeness (QED) is 0.357. The van der Waals surface area contributed by atoms with E-state index in [0.29, 0.717) is 10.8 Å². The molecule has 6 heteroatoms. The van der Waals surface area contributed by atoms with Gasteiger partial charge in [0.15, 0.2) is 22.9 Å². The van der Waals surface area contributed by atoms with E-state index in [1.807, 2.05) is 0 Å². The van der Waals surface area contributed by atoms with Gasteiger partial charge >= 0.3 is 0 Å². The summed E-state index contributed by atoms with van der Waals surface area (Å²) in [6, 6.07) is 1.42. The molecular formula is C10H9BO5. The summed E-state index contributed by atoms with van der Waals surface area (Å²) in [5, 5.41) is 28.8. The van der Waals surface area contributed by atoms with E-state index >= 15 is 0 Å². The Morgan fingerprint density at radius 3 is 2.44 bits per heavy atom. The van der Waals surface area contributed by atoms with Crippen LogP contribution in [-0.4, -0.2) is 28.9 Å². The van der Waals surface area contributed by atoms with E-state index in [0.717, 1.165) is 0 Å². The van der Waals surface area contributed by atoms with E-state index in [9.17, 15) is 20.1 Å². The highest BCUT2D eigenvalue weighted by atomic mass is 16.4. The molecule has 1 aromatic heterocycles. The summed E-state index contributed by atoms with van der Waals surface area (Å²) in [5.41, 5.74) is 0.347. The third-order valence-corrected chi connectivity index (χ3v) is 2.50. The first-order valence-electron chi connectivity index (χ1n) is 4.61. The number of hydrogen-bond acceptors (Lipinski definition) is 5. The minimum Gasteiger partial charge on any atom is -0.505 e. The van der Waals surface area contributed by atoms with Gasteiger partial charge in [-0.2, -0.15) is 0 Å². The molecule has 1 heterocycles. The first-order valence-corrected chi connectivity index (χ1v) is 4.61. The third-order valence-electron chi connectivity index (χ3n) is 2.50. The number of carbonyl (C=O) groups is 1. The summed E-state index contributed by atoms with van der Waals surface area (Å²) < 4.78 is 5.11. The molecule has 0 amide bonds. The van der Waals surface area contributed by atoms with Gasteiger partial charge in [-0.25, -0.2) is 0 Å². The van der Waals surface area contributed by atoms with Gasteiger partial charge in [-0.3, -0.25) is 4.79 Å². The largest absolute Gasteiger partial charge is 0.505 e. The second-order valence-electron chi connectivity index (χ2n) is 3.58. The minimum absolute atomic E-state index is 0.00185. The number of benzene rings is 1. The van der Waals surface area contributed by atoms with Crippen LogP contribution in [0.2, 0.25) is 0 Å². The molecule has 0 unspecified atom stereocenters. The topological polar surface area (TPSA) is 90.9 Å². The monoisotopic (exact) mass is 220 g/mol. The Balaban J connectivity index is 2.92. The van der Waals surface area contributed by atoms with Gasteiger partial charge < -0.3 is 19.7 Å². The molecule has 2 rings (SSSR count). The normalized spacial score (nSPS) is 10.8. The molecule has 3 N–H and O–H groups in total. The van der Waals surface area contributed by atoms with Crippen molar-refractivity contribution in [2.75, 3.05) is 0 Å². The summed E-state index contributed by atoms with van der Waals surface area (Å²) >= 11 is 0. The van der Waals surface area contributed by atoms with Crippen LogP contribution in [-0.2, 0) is 0 Å². The van der Waals surface area contributed by atoms with Crippen LogP contribution in [0.25, 0.3) is 11.0 Å². The van der Waals surface area contributed by atoms with E-state index in [-0.39, 0.29) is 17.1 Å². The van der Waals surface area contributed by atoms with E-state index in [1.165, 1.54) is 13.0 Å². The third kappa shape index (κ3) is 1.23. The molecular weight excluding hydrogens is 211 g/mol. The zero-order chi connectivity index (χ0) is 12.0. The maximum atomic E-state index is 11.1. The Kier molecular flexibility index (Phi) is 2.08. The van der Waals surface area contributed by atoms with Gasteiger partial charge in [0.05, 0.1) is 0 Å². The van der Waals surface area contributed by atoms with Crippen molar-refractivity contribution in [3.05, 3.63) is 11.8 Å². The molecule has 0 aliphatic carbocycles. The number of rotatable bonds is 1. The van der Waals surface area contributed by atoms with E-state index in [4.69, 9.17) is 4.42 Å². The maximum absolute atomic E-state index is 11.1. The van der Waals surface area contributed by atoms with Gasteiger partial charge in [-0.15, -0.1) is 0 Å². The Labute approximate surface area is 91.3 Å². The molecule has 0 atom stereocenters. The Hall–Kier alpha value is -2.11. The summed E-state index contributed by atoms with van der Waals surface area (Å²) in [6.45, 7) is 1.32. The highest BCUT2D eigenvalue weighted by Gasteiger charge is 2.20. The zero-order valence-corrected chi connectivity index (χ0v) is 8.74. The molecule has 82 valence electrons. The number of hydrogen-bond donors (Lipinski definition) is 3. The van der Waals surface area contributed by atoms with Gasteiger partial charge in [0.25, 0.3) is 0 Å². The summed E-state index contributed by atoms with van der Waals surface area (Å²) in [6.07, 6.45) is 0. The molecule has 0 aliphatic heterocycles. The number of fused-ring (bicyclic) bond motifs is 1. The van der Waals surface area contributed by atoms with Crippen LogP contribution < -0.4 is 5.46 Å². The van der Waals surface area contributed by atoms with Crippen LogP contribution in [0, 0.1) is 0 Å². The van der Waals surface area contributed by atoms with Gasteiger partial charge in [-0.05, 0) is 11.5 Å². The predicted octanol–water partition coefficient (Wildman–Crippen LogP) is 0.0106. The standard InChI is InChI=1S/C10H9BO5/c1-3(12)5-2-4-6(11)7(13)8(14)9(15)10(4)16-5/h2,13-15H,11H2,1H3. The second kappa shape index (κ2) is 3.20. The SMILES string of the molecule is Bc1c(O)c(O)c(O)c2oc(C(C)=O)cc12. The fraction of sp³-hybridized carbons (Fsp3) is 0.100. The lowest BCUT2D eigenvalue weighted by Crippen LogP contribution is -2.03. The van der Waals surface area contributed by atoms with Crippen LogP contribution in [0.3, 0.4) is 0 Å². The maximum Gasteiger partial charge on any atom is 0.205 e. The van der Waals surface area contributed by atoms with Gasteiger partial charge in [0.2, 0.25) is 11.5 Å². The molecule has 0 fully saturated rings. The molecule has 0 saturated carbocycles. The number of carbonyl (C=O) groups excluding carboxylic acids is 1. The molecule has 1 aromatic carbocycles. The summed E-state index contributed by atoms with van der Waals surface area (Å²) in [7, 11) is 1.55. The molecule has 0 aliphatic rings. The number of furan rings is 1. The van der Waals surface area contributed by atoms with Crippen LogP contribution in [0.5, 0.6) is 17.2 Å². The van der Waals surface area contributed by atoms with Crippen molar-refractivity contribution in [2.45, 2.75) is 6.92 Å². The number of ketones is 1. The van der Waals surface area contributed by atoms with Crippen molar-refractivity contribution in [2.24, 2.45) is 0 Å².